The number of hydrogen-bond donors (Lipinski definition) is 0. The Kier molecular flexibility index (Phi) is 3.91. The van der Waals surface area contributed by atoms with Gasteiger partial charge in [-0.3, -0.25) is 4.57 Å². The van der Waals surface area contributed by atoms with Gasteiger partial charge in [0.1, 0.15) is 12.4 Å². The summed E-state index contributed by atoms with van der Waals surface area (Å²) in [6.45, 7) is 7.22. The lowest BCUT2D eigenvalue weighted by molar-refractivity contribution is 0.0692. The molecule has 2 aliphatic rings. The predicted octanol–water partition coefficient (Wildman–Crippen LogP) is 4.19. The van der Waals surface area contributed by atoms with Crippen LogP contribution in [0.1, 0.15) is 46.5 Å². The summed E-state index contributed by atoms with van der Waals surface area (Å²) in [5.74, 6) is 1.53. The number of allylic oxidation sites excluding steroid dienone is 1. The van der Waals surface area contributed by atoms with Gasteiger partial charge < -0.3 is 4.74 Å². The number of aromatic nitrogens is 2. The van der Waals surface area contributed by atoms with E-state index in [1.54, 1.807) is 22.7 Å². The van der Waals surface area contributed by atoms with E-state index in [0.717, 1.165) is 24.7 Å². The summed E-state index contributed by atoms with van der Waals surface area (Å²) in [6.07, 6.45) is 12.4. The van der Waals surface area contributed by atoms with Gasteiger partial charge in [0.15, 0.2) is 0 Å². The lowest BCUT2D eigenvalue weighted by Gasteiger charge is -2.48. The van der Waals surface area contributed by atoms with E-state index in [2.05, 4.69) is 31.8 Å². The van der Waals surface area contributed by atoms with Gasteiger partial charge in [-0.2, -0.15) is 0 Å². The molecule has 4 atom stereocenters. The van der Waals surface area contributed by atoms with Gasteiger partial charge in [0.05, 0.1) is 0 Å². The van der Waals surface area contributed by atoms with E-state index >= 15 is 0 Å². The number of fused-ring (bicyclic) bond motifs is 1. The fraction of sp³-hybridized carbons (Fsp3) is 0.647. The Morgan fingerprint density at radius 1 is 1.48 bits per heavy atom. The summed E-state index contributed by atoms with van der Waals surface area (Å²) in [5.41, 5.74) is 1.94. The molecule has 1 saturated carbocycles. The maximum absolute atomic E-state index is 6.01. The Hall–Kier alpha value is -1.16. The molecule has 4 unspecified atom stereocenters. The molecule has 0 N–H and O–H groups in total. The van der Waals surface area contributed by atoms with Crippen LogP contribution in [0.25, 0.3) is 0 Å². The van der Waals surface area contributed by atoms with E-state index in [4.69, 9.17) is 17.0 Å². The summed E-state index contributed by atoms with van der Waals surface area (Å²) in [5, 5.41) is 0.513. The van der Waals surface area contributed by atoms with Crippen LogP contribution in [0.2, 0.25) is 0 Å². The van der Waals surface area contributed by atoms with Gasteiger partial charge in [-0.25, -0.2) is 4.98 Å². The third-order valence-electron chi connectivity index (χ3n) is 5.74. The van der Waals surface area contributed by atoms with Crippen LogP contribution in [0.15, 0.2) is 30.4 Å². The number of nitrogens with zero attached hydrogens (tertiary/aromatic N) is 2. The molecule has 0 saturated heterocycles. The first-order valence-corrected chi connectivity index (χ1v) is 8.30. The molecule has 1 heterocycles. The average Bonchev–Trinajstić information content (AvgIpc) is 2.99. The molecule has 3 nitrogen and oxygen atoms in total. The predicted molar refractivity (Wildman–Crippen MR) is 88.1 cm³/mol. The van der Waals surface area contributed by atoms with Gasteiger partial charge in [0, 0.05) is 18.8 Å². The Bertz CT molecular complexity index is 551. The van der Waals surface area contributed by atoms with E-state index in [1.807, 2.05) is 6.20 Å². The first kappa shape index (κ1) is 14.8. The van der Waals surface area contributed by atoms with Crippen molar-refractivity contribution in [3.8, 4) is 0 Å². The van der Waals surface area contributed by atoms with Crippen molar-refractivity contribution in [1.82, 2.24) is 9.55 Å². The summed E-state index contributed by atoms with van der Waals surface area (Å²) >= 11 is 5.35. The molecule has 1 aromatic heterocycles. The van der Waals surface area contributed by atoms with E-state index in [9.17, 15) is 0 Å². The zero-order valence-electron chi connectivity index (χ0n) is 13.1. The lowest BCUT2D eigenvalue weighted by atomic mass is 9.57. The van der Waals surface area contributed by atoms with Crippen molar-refractivity contribution in [3.05, 3.63) is 30.4 Å². The van der Waals surface area contributed by atoms with Crippen LogP contribution in [0.3, 0.4) is 0 Å². The van der Waals surface area contributed by atoms with Crippen LogP contribution in [0, 0.1) is 17.3 Å². The minimum Gasteiger partial charge on any atom is -0.467 e. The molecule has 2 aliphatic carbocycles. The Morgan fingerprint density at radius 3 is 3.00 bits per heavy atom. The largest absolute Gasteiger partial charge is 0.467 e. The monoisotopic (exact) mass is 304 g/mol. The van der Waals surface area contributed by atoms with Crippen LogP contribution in [-0.2, 0) is 4.74 Å². The number of ether oxygens (including phenoxy) is 1. The minimum absolute atomic E-state index is 0.208. The first-order chi connectivity index (χ1) is 10.0. The molecule has 0 spiro atoms. The number of hydrogen-bond acceptors (Lipinski definition) is 3. The highest BCUT2D eigenvalue weighted by molar-refractivity contribution is 7.80. The van der Waals surface area contributed by atoms with Crippen LogP contribution in [-0.4, -0.2) is 20.8 Å². The molecule has 0 aliphatic heterocycles. The van der Waals surface area contributed by atoms with E-state index in [1.165, 1.54) is 12.8 Å². The zero-order chi connectivity index (χ0) is 15.0. The number of rotatable bonds is 1. The second-order valence-corrected chi connectivity index (χ2v) is 7.22. The second kappa shape index (κ2) is 5.56. The Balaban J connectivity index is 1.69. The Labute approximate surface area is 132 Å². The molecule has 4 heteroatoms. The van der Waals surface area contributed by atoms with E-state index in [-0.39, 0.29) is 6.10 Å². The third kappa shape index (κ3) is 2.66. The van der Waals surface area contributed by atoms with Gasteiger partial charge in [-0.1, -0.05) is 32.4 Å². The molecule has 0 amide bonds. The minimum atomic E-state index is 0.208. The van der Waals surface area contributed by atoms with Gasteiger partial charge >= 0.3 is 0 Å². The van der Waals surface area contributed by atoms with Crippen molar-refractivity contribution in [2.45, 2.75) is 52.6 Å². The highest BCUT2D eigenvalue weighted by atomic mass is 32.1. The van der Waals surface area contributed by atoms with Crippen molar-refractivity contribution in [3.63, 3.8) is 0 Å². The number of imidazole rings is 1. The highest BCUT2D eigenvalue weighted by Gasteiger charge is 2.44. The molecular weight excluding hydrogens is 280 g/mol. The normalized spacial score (nSPS) is 35.8. The fourth-order valence-corrected chi connectivity index (χ4v) is 4.11. The van der Waals surface area contributed by atoms with Crippen molar-refractivity contribution in [1.29, 1.82) is 0 Å². The highest BCUT2D eigenvalue weighted by Crippen LogP contribution is 2.52. The Morgan fingerprint density at radius 2 is 2.29 bits per heavy atom. The molecular formula is C17H24N2OS. The summed E-state index contributed by atoms with van der Waals surface area (Å²) in [7, 11) is 0. The first-order valence-electron chi connectivity index (χ1n) is 7.89. The number of thiocarbonyl (C=S) groups is 1. The van der Waals surface area contributed by atoms with Crippen molar-refractivity contribution < 1.29 is 4.74 Å². The topological polar surface area (TPSA) is 27.1 Å². The summed E-state index contributed by atoms with van der Waals surface area (Å²) < 4.78 is 7.77. The lowest BCUT2D eigenvalue weighted by Crippen LogP contribution is -2.41. The van der Waals surface area contributed by atoms with Crippen molar-refractivity contribution in [2.24, 2.45) is 17.3 Å². The summed E-state index contributed by atoms with van der Waals surface area (Å²) in [6, 6.07) is 0. The fourth-order valence-electron chi connectivity index (χ4n) is 3.87. The molecule has 21 heavy (non-hydrogen) atoms. The van der Waals surface area contributed by atoms with E-state index < -0.39 is 0 Å². The van der Waals surface area contributed by atoms with Crippen LogP contribution in [0.4, 0.5) is 0 Å². The smallest absolute Gasteiger partial charge is 0.269 e. The van der Waals surface area contributed by atoms with Crippen molar-refractivity contribution >= 4 is 17.4 Å². The molecule has 0 radical (unpaired) electrons. The van der Waals surface area contributed by atoms with Crippen LogP contribution >= 0.6 is 12.2 Å². The molecule has 1 aromatic rings. The standard InChI is InChI=1S/C17H24N2OS/c1-12-4-5-14-10-15(6-7-17(14,3)13(12)2)20-16(21)19-9-8-18-11-19/h5,8-9,11-13,15H,4,6-7,10H2,1-3H3. The molecule has 0 aromatic carbocycles. The average molecular weight is 304 g/mol. The maximum atomic E-state index is 6.01. The third-order valence-corrected chi connectivity index (χ3v) is 6.05. The molecule has 1 fully saturated rings. The van der Waals surface area contributed by atoms with Crippen LogP contribution in [0.5, 0.6) is 0 Å². The van der Waals surface area contributed by atoms with Gasteiger partial charge in [0.2, 0.25) is 0 Å². The maximum Gasteiger partial charge on any atom is 0.269 e. The van der Waals surface area contributed by atoms with Gasteiger partial charge in [-0.05, 0) is 48.7 Å². The summed E-state index contributed by atoms with van der Waals surface area (Å²) in [4.78, 5) is 4.02. The van der Waals surface area contributed by atoms with E-state index in [0.29, 0.717) is 10.6 Å². The molecule has 114 valence electrons. The van der Waals surface area contributed by atoms with Crippen LogP contribution < -0.4 is 0 Å². The zero-order valence-corrected chi connectivity index (χ0v) is 13.9. The van der Waals surface area contributed by atoms with Gasteiger partial charge in [0.25, 0.3) is 5.17 Å². The molecule has 0 bridgehead atoms. The quantitative estimate of drug-likeness (QED) is 0.575. The van der Waals surface area contributed by atoms with Gasteiger partial charge in [-0.15, -0.1) is 0 Å². The molecule has 3 rings (SSSR count). The second-order valence-electron chi connectivity index (χ2n) is 6.87. The SMILES string of the molecule is CC1CC=C2CC(OC(=S)n3ccnc3)CCC2(C)C1C. The van der Waals surface area contributed by atoms with Crippen molar-refractivity contribution in [2.75, 3.05) is 0 Å².